The molecular formula is C21H38N4O2. The minimum Gasteiger partial charge on any atom is -0.342 e. The predicted molar refractivity (Wildman–Crippen MR) is 107 cm³/mol. The lowest BCUT2D eigenvalue weighted by Gasteiger charge is -2.37. The van der Waals surface area contributed by atoms with Crippen LogP contribution in [-0.2, 0) is 9.59 Å². The molecule has 3 aliphatic rings. The summed E-state index contributed by atoms with van der Waals surface area (Å²) < 4.78 is 0. The van der Waals surface area contributed by atoms with Crippen molar-refractivity contribution in [2.45, 2.75) is 45.4 Å². The number of nitrogens with zero attached hydrogens (tertiary/aromatic N) is 4. The predicted octanol–water partition coefficient (Wildman–Crippen LogP) is 1.51. The molecule has 0 aromatic carbocycles. The number of carbonyl (C=O) groups excluding carboxylic acids is 2. The molecule has 6 nitrogen and oxygen atoms in total. The van der Waals surface area contributed by atoms with Crippen LogP contribution in [0.3, 0.4) is 0 Å². The molecule has 3 rings (SSSR count). The Morgan fingerprint density at radius 1 is 0.889 bits per heavy atom. The number of likely N-dealkylation sites (tertiary alicyclic amines) is 2. The zero-order valence-corrected chi connectivity index (χ0v) is 17.4. The van der Waals surface area contributed by atoms with E-state index in [1.165, 1.54) is 0 Å². The molecule has 3 heterocycles. The van der Waals surface area contributed by atoms with E-state index in [-0.39, 0.29) is 5.92 Å². The van der Waals surface area contributed by atoms with Crippen molar-refractivity contribution in [1.29, 1.82) is 0 Å². The number of rotatable bonds is 5. The SMILES string of the molecule is CCN1CCN(C(=O)CCC2CCN(C(=O)[C@H]3CCCN(C)C3)CC2)CC1. The Morgan fingerprint density at radius 3 is 2.22 bits per heavy atom. The van der Waals surface area contributed by atoms with Gasteiger partial charge in [0.1, 0.15) is 0 Å². The number of piperidine rings is 2. The molecule has 3 aliphatic heterocycles. The Labute approximate surface area is 164 Å². The highest BCUT2D eigenvalue weighted by Crippen LogP contribution is 2.25. The summed E-state index contributed by atoms with van der Waals surface area (Å²) in [5.41, 5.74) is 0. The fraction of sp³-hybridized carbons (Fsp3) is 0.905. The summed E-state index contributed by atoms with van der Waals surface area (Å²) in [6.07, 6.45) is 5.97. The third kappa shape index (κ3) is 5.67. The van der Waals surface area contributed by atoms with Gasteiger partial charge in [0.25, 0.3) is 0 Å². The maximum atomic E-state index is 12.8. The standard InChI is InChI=1S/C21H38N4O2/c1-3-23-13-15-24(16-14-23)20(26)7-6-18-8-11-25(12-9-18)21(27)19-5-4-10-22(2)17-19/h18-19H,3-17H2,1-2H3/t19-/m0/s1. The lowest BCUT2D eigenvalue weighted by atomic mass is 9.90. The molecule has 0 bridgehead atoms. The normalized spacial score (nSPS) is 26.4. The molecule has 0 aromatic rings. The first kappa shape index (κ1) is 20.6. The van der Waals surface area contributed by atoms with E-state index in [1.807, 2.05) is 4.90 Å². The van der Waals surface area contributed by atoms with Gasteiger partial charge in [-0.2, -0.15) is 0 Å². The molecule has 0 aliphatic carbocycles. The number of piperazine rings is 1. The van der Waals surface area contributed by atoms with Crippen LogP contribution in [0.15, 0.2) is 0 Å². The molecule has 2 amide bonds. The van der Waals surface area contributed by atoms with Gasteiger partial charge in [0, 0.05) is 52.2 Å². The summed E-state index contributed by atoms with van der Waals surface area (Å²) in [6.45, 7) is 10.9. The first-order valence-electron chi connectivity index (χ1n) is 11.0. The van der Waals surface area contributed by atoms with Crippen molar-refractivity contribution in [1.82, 2.24) is 19.6 Å². The Kier molecular flexibility index (Phi) is 7.53. The van der Waals surface area contributed by atoms with Gasteiger partial charge in [-0.25, -0.2) is 0 Å². The number of carbonyl (C=O) groups is 2. The first-order valence-corrected chi connectivity index (χ1v) is 11.0. The fourth-order valence-electron chi connectivity index (χ4n) is 4.87. The lowest BCUT2D eigenvalue weighted by molar-refractivity contribution is -0.139. The summed E-state index contributed by atoms with van der Waals surface area (Å²) in [6, 6.07) is 0. The highest BCUT2D eigenvalue weighted by atomic mass is 16.2. The Hall–Kier alpha value is -1.14. The minimum absolute atomic E-state index is 0.198. The quantitative estimate of drug-likeness (QED) is 0.728. The van der Waals surface area contributed by atoms with E-state index in [9.17, 15) is 9.59 Å². The van der Waals surface area contributed by atoms with Gasteiger partial charge < -0.3 is 19.6 Å². The van der Waals surface area contributed by atoms with Gasteiger partial charge in [0.15, 0.2) is 0 Å². The van der Waals surface area contributed by atoms with Crippen molar-refractivity contribution in [3.05, 3.63) is 0 Å². The van der Waals surface area contributed by atoms with Crippen LogP contribution >= 0.6 is 0 Å². The van der Waals surface area contributed by atoms with E-state index in [4.69, 9.17) is 0 Å². The summed E-state index contributed by atoms with van der Waals surface area (Å²) in [7, 11) is 2.12. The van der Waals surface area contributed by atoms with E-state index in [1.54, 1.807) is 0 Å². The second kappa shape index (κ2) is 9.87. The van der Waals surface area contributed by atoms with E-state index >= 15 is 0 Å². The maximum Gasteiger partial charge on any atom is 0.226 e. The summed E-state index contributed by atoms with van der Waals surface area (Å²) >= 11 is 0. The van der Waals surface area contributed by atoms with Gasteiger partial charge in [0.2, 0.25) is 11.8 Å². The average Bonchev–Trinajstić information content (AvgIpc) is 2.72. The minimum atomic E-state index is 0.198. The van der Waals surface area contributed by atoms with E-state index in [0.29, 0.717) is 24.2 Å². The number of likely N-dealkylation sites (N-methyl/N-ethyl adjacent to an activating group) is 1. The van der Waals surface area contributed by atoms with Crippen molar-refractivity contribution >= 4 is 11.8 Å². The van der Waals surface area contributed by atoms with Crippen LogP contribution in [0.2, 0.25) is 0 Å². The van der Waals surface area contributed by atoms with Crippen molar-refractivity contribution in [3.63, 3.8) is 0 Å². The molecule has 1 atom stereocenters. The van der Waals surface area contributed by atoms with Crippen LogP contribution in [0, 0.1) is 11.8 Å². The van der Waals surface area contributed by atoms with Crippen LogP contribution < -0.4 is 0 Å². The molecule has 6 heteroatoms. The smallest absolute Gasteiger partial charge is 0.226 e. The maximum absolute atomic E-state index is 12.8. The topological polar surface area (TPSA) is 47.1 Å². The molecule has 154 valence electrons. The van der Waals surface area contributed by atoms with Gasteiger partial charge in [-0.05, 0) is 58.2 Å². The second-order valence-electron chi connectivity index (χ2n) is 8.72. The molecule has 3 fully saturated rings. The van der Waals surface area contributed by atoms with Crippen LogP contribution in [0.1, 0.15) is 45.4 Å². The molecule has 0 aromatic heterocycles. The van der Waals surface area contributed by atoms with E-state index in [0.717, 1.165) is 91.0 Å². The van der Waals surface area contributed by atoms with Crippen LogP contribution in [0.5, 0.6) is 0 Å². The third-order valence-electron chi connectivity index (χ3n) is 6.84. The van der Waals surface area contributed by atoms with Gasteiger partial charge in [0.05, 0.1) is 5.92 Å². The second-order valence-corrected chi connectivity index (χ2v) is 8.72. The van der Waals surface area contributed by atoms with Crippen LogP contribution in [-0.4, -0.2) is 97.4 Å². The molecule has 0 spiro atoms. The molecule has 27 heavy (non-hydrogen) atoms. The Morgan fingerprint density at radius 2 is 1.59 bits per heavy atom. The van der Waals surface area contributed by atoms with Crippen LogP contribution in [0.4, 0.5) is 0 Å². The largest absolute Gasteiger partial charge is 0.342 e. The highest BCUT2D eigenvalue weighted by molar-refractivity contribution is 5.79. The fourth-order valence-corrected chi connectivity index (χ4v) is 4.87. The molecule has 0 radical (unpaired) electrons. The summed E-state index contributed by atoms with van der Waals surface area (Å²) in [4.78, 5) is 34.1. The Bertz CT molecular complexity index is 496. The van der Waals surface area contributed by atoms with Crippen molar-refractivity contribution in [3.8, 4) is 0 Å². The third-order valence-corrected chi connectivity index (χ3v) is 6.84. The zero-order valence-electron chi connectivity index (χ0n) is 17.4. The van der Waals surface area contributed by atoms with Gasteiger partial charge >= 0.3 is 0 Å². The summed E-state index contributed by atoms with van der Waals surface area (Å²) in [5.74, 6) is 1.49. The number of hydrogen-bond donors (Lipinski definition) is 0. The van der Waals surface area contributed by atoms with Crippen molar-refractivity contribution in [2.24, 2.45) is 11.8 Å². The lowest BCUT2D eigenvalue weighted by Crippen LogP contribution is -2.48. The zero-order chi connectivity index (χ0) is 19.2. The molecule has 0 unspecified atom stereocenters. The van der Waals surface area contributed by atoms with Gasteiger partial charge in [-0.15, -0.1) is 0 Å². The number of amides is 2. The average molecular weight is 379 g/mol. The van der Waals surface area contributed by atoms with Gasteiger partial charge in [-0.3, -0.25) is 9.59 Å². The van der Waals surface area contributed by atoms with Gasteiger partial charge in [-0.1, -0.05) is 6.92 Å². The number of hydrogen-bond acceptors (Lipinski definition) is 4. The van der Waals surface area contributed by atoms with E-state index < -0.39 is 0 Å². The monoisotopic (exact) mass is 378 g/mol. The first-order chi connectivity index (χ1) is 13.1. The molecule has 0 N–H and O–H groups in total. The molecule has 0 saturated carbocycles. The van der Waals surface area contributed by atoms with Crippen molar-refractivity contribution in [2.75, 3.05) is 66.0 Å². The van der Waals surface area contributed by atoms with E-state index in [2.05, 4.69) is 28.7 Å². The van der Waals surface area contributed by atoms with Crippen molar-refractivity contribution < 1.29 is 9.59 Å². The Balaban J connectivity index is 1.34. The molecule has 3 saturated heterocycles. The highest BCUT2D eigenvalue weighted by Gasteiger charge is 2.31. The molecular weight excluding hydrogens is 340 g/mol. The summed E-state index contributed by atoms with van der Waals surface area (Å²) in [5, 5.41) is 0. The van der Waals surface area contributed by atoms with Crippen LogP contribution in [0.25, 0.3) is 0 Å².